The van der Waals surface area contributed by atoms with Crippen molar-refractivity contribution in [3.8, 4) is 11.5 Å². The number of halogens is 2. The van der Waals surface area contributed by atoms with Crippen molar-refractivity contribution >= 4 is 68.9 Å². The highest BCUT2D eigenvalue weighted by Crippen LogP contribution is 2.44. The van der Waals surface area contributed by atoms with Crippen LogP contribution in [-0.2, 0) is 50.3 Å². The lowest BCUT2D eigenvalue weighted by Crippen LogP contribution is -2.43. The van der Waals surface area contributed by atoms with Gasteiger partial charge in [0.15, 0.2) is 0 Å². The average molecular weight is 1260 g/mol. The zero-order chi connectivity index (χ0) is 60.9. The Kier molecular flexibility index (Phi) is 25.8. The Balaban J connectivity index is 0.697. The summed E-state index contributed by atoms with van der Waals surface area (Å²) in [7, 11) is 0.959. The number of sulfonamides is 1. The highest BCUT2D eigenvalue weighted by molar-refractivity contribution is 7.92. The molecular formula is C65H83Cl2N5O12S2. The molecule has 0 spiro atoms. The number of ether oxygens (including phenoxy) is 4. The van der Waals surface area contributed by atoms with E-state index >= 15 is 0 Å². The fraction of sp³-hybridized carbons (Fsp3) is 0.492. The number of rotatable bonds is 32. The number of hydrogen-bond donors (Lipinski definition) is 3. The molecule has 2 heterocycles. The Labute approximate surface area is 522 Å². The smallest absolute Gasteiger partial charge is 0.407 e. The van der Waals surface area contributed by atoms with Gasteiger partial charge in [0.2, 0.25) is 15.9 Å². The normalized spacial score (nSPS) is 18.2. The number of aliphatic hydroxyl groups is 1. The number of anilines is 1. The first-order chi connectivity index (χ1) is 41.7. The van der Waals surface area contributed by atoms with E-state index in [1.54, 1.807) is 38.5 Å². The van der Waals surface area contributed by atoms with Gasteiger partial charge in [-0.15, -0.1) is 4.33 Å². The van der Waals surface area contributed by atoms with E-state index in [2.05, 4.69) is 14.9 Å². The molecule has 0 aromatic heterocycles. The number of piperidine rings is 2. The first-order valence-electron chi connectivity index (χ1n) is 30.0. The van der Waals surface area contributed by atoms with Crippen LogP contribution in [0.25, 0.3) is 0 Å². The quantitative estimate of drug-likeness (QED) is 0.00918. The van der Waals surface area contributed by atoms with E-state index in [0.717, 1.165) is 85.5 Å². The van der Waals surface area contributed by atoms with Crippen molar-refractivity contribution in [2.45, 2.75) is 100 Å². The van der Waals surface area contributed by atoms with Crippen molar-refractivity contribution in [3.63, 3.8) is 0 Å². The summed E-state index contributed by atoms with van der Waals surface area (Å²) >= 11 is 13.8. The van der Waals surface area contributed by atoms with Crippen molar-refractivity contribution in [2.24, 2.45) is 23.7 Å². The summed E-state index contributed by atoms with van der Waals surface area (Å²) in [6.07, 6.45) is 7.41. The Morgan fingerprint density at radius 1 is 0.733 bits per heavy atom. The molecule has 86 heavy (non-hydrogen) atoms. The second-order valence-electron chi connectivity index (χ2n) is 22.5. The molecule has 2 amide bonds. The molecule has 0 bridgehead atoms. The summed E-state index contributed by atoms with van der Waals surface area (Å²) in [5, 5.41) is 14.5. The molecule has 8 rings (SSSR count). The van der Waals surface area contributed by atoms with Crippen LogP contribution in [0.15, 0.2) is 126 Å². The predicted molar refractivity (Wildman–Crippen MR) is 336 cm³/mol. The van der Waals surface area contributed by atoms with Crippen molar-refractivity contribution in [1.82, 2.24) is 19.2 Å². The molecule has 3 aliphatic rings. The molecule has 2 aliphatic heterocycles. The lowest BCUT2D eigenvalue weighted by Gasteiger charge is -2.37. The fourth-order valence-electron chi connectivity index (χ4n) is 12.0. The molecule has 17 nitrogen and oxygen atoms in total. The fourth-order valence-corrected chi connectivity index (χ4v) is 13.9. The summed E-state index contributed by atoms with van der Waals surface area (Å²) < 4.78 is 59.4. The molecule has 2 saturated heterocycles. The second kappa shape index (κ2) is 33.3. The number of hydrogen-bond acceptors (Lipinski definition) is 15. The molecule has 3 fully saturated rings. The van der Waals surface area contributed by atoms with Gasteiger partial charge in [-0.05, 0) is 179 Å². The van der Waals surface area contributed by atoms with Crippen LogP contribution in [0, 0.1) is 23.7 Å². The number of nitrogens with zero attached hydrogens (tertiary/aromatic N) is 3. The molecular weight excluding hydrogens is 1180 g/mol. The number of unbranched alkanes of at least 4 members (excludes halogenated alkanes) is 2. The molecule has 5 aromatic carbocycles. The maximum atomic E-state index is 14.0. The Bertz CT molecular complexity index is 2980. The van der Waals surface area contributed by atoms with E-state index in [9.17, 15) is 27.9 Å². The Morgan fingerprint density at radius 3 is 2.03 bits per heavy atom. The van der Waals surface area contributed by atoms with Gasteiger partial charge in [0.05, 0.1) is 55.6 Å². The minimum absolute atomic E-state index is 0.0359. The van der Waals surface area contributed by atoms with Crippen molar-refractivity contribution < 1.29 is 56.1 Å². The number of amides is 2. The van der Waals surface area contributed by atoms with Gasteiger partial charge in [0.25, 0.3) is 0 Å². The van der Waals surface area contributed by atoms with E-state index in [1.165, 1.54) is 7.11 Å². The van der Waals surface area contributed by atoms with Crippen LogP contribution in [0.4, 0.5) is 10.5 Å². The molecule has 466 valence electrons. The lowest BCUT2D eigenvalue weighted by atomic mass is 9.79. The summed E-state index contributed by atoms with van der Waals surface area (Å²) in [6.45, 7) is 5.49. The minimum Gasteiger partial charge on any atom is -0.497 e. The first kappa shape index (κ1) is 66.7. The number of methoxy groups -OCH3 is 2. The third kappa shape index (κ3) is 18.6. The van der Waals surface area contributed by atoms with Gasteiger partial charge >= 0.3 is 6.09 Å². The van der Waals surface area contributed by atoms with Gasteiger partial charge in [-0.2, -0.15) is 0 Å². The largest absolute Gasteiger partial charge is 0.497 e. The molecule has 0 radical (unpaired) electrons. The first-order valence-corrected chi connectivity index (χ1v) is 32.9. The summed E-state index contributed by atoms with van der Waals surface area (Å²) in [4.78, 5) is 49.5. The third-order valence-electron chi connectivity index (χ3n) is 16.8. The van der Waals surface area contributed by atoms with Crippen molar-refractivity contribution in [2.75, 3.05) is 91.8 Å². The van der Waals surface area contributed by atoms with Gasteiger partial charge in [-0.1, -0.05) is 96.4 Å². The van der Waals surface area contributed by atoms with Crippen LogP contribution in [0.1, 0.15) is 99.3 Å². The molecule has 3 N–H and O–H groups in total. The standard InChI is InChI=1S/C65H83Cl2N5O12S2/c1-79-56-22-17-52(18-23-56)65(51-12-6-4-7-13-51,53-19-24-57(80-2)25-20-53)83-46-50-43-55(73)45-59(50)62(74)14-8-5-9-33-68-64(76)82-41-10-34-69-86(77,78)58-26-15-47(16-27-58)42-48-29-37-70(38-30-48)35-11-36-72(54-21-28-60(66)61(67)44-54)63(75)49-31-39-71(40-32-49)85-84-81-3/h4,6-7,12-13,15-28,44,48-50,55,59,69,73H,5,8-11,14,29-43,45-46H2,1-3H3,(H,68,76)/t50-,55+,59?/m0/s1. The van der Waals surface area contributed by atoms with E-state index < -0.39 is 27.8 Å². The average Bonchev–Trinajstić information content (AvgIpc) is 1.02. The number of ketones is 1. The molecule has 1 saturated carbocycles. The number of likely N-dealkylation sites (tertiary alicyclic amines) is 1. The van der Waals surface area contributed by atoms with Gasteiger partial charge in [0, 0.05) is 56.7 Å². The van der Waals surface area contributed by atoms with Gasteiger partial charge in [0.1, 0.15) is 35.1 Å². The van der Waals surface area contributed by atoms with Crippen LogP contribution >= 0.6 is 35.4 Å². The summed E-state index contributed by atoms with van der Waals surface area (Å²) in [6, 6.07) is 38.1. The van der Waals surface area contributed by atoms with Gasteiger partial charge in [-0.3, -0.25) is 9.59 Å². The van der Waals surface area contributed by atoms with E-state index in [4.69, 9.17) is 51.4 Å². The van der Waals surface area contributed by atoms with Crippen molar-refractivity contribution in [1.29, 1.82) is 0 Å². The van der Waals surface area contributed by atoms with Crippen LogP contribution in [0.5, 0.6) is 11.5 Å². The number of benzene rings is 5. The SMILES string of the molecule is COOSN1CCC(C(=O)N(CCCN2CCC(Cc3ccc(S(=O)(=O)NCCCOC(=O)NCCCCCC(=O)C4C[C@H](O)C[C@H]4COC(c4ccccc4)(c4ccc(OC)cc4)c4ccc(OC)cc4)cc3)CC2)c2ccc(Cl)c(Cl)c2)CC1. The molecule has 21 heteroatoms. The number of alkyl carbamates (subject to hydrolysis) is 1. The van der Waals surface area contributed by atoms with Crippen LogP contribution in [0.3, 0.4) is 0 Å². The number of nitrogens with one attached hydrogen (secondary N) is 2. The molecule has 1 unspecified atom stereocenters. The highest BCUT2D eigenvalue weighted by Gasteiger charge is 2.43. The van der Waals surface area contributed by atoms with E-state index in [0.29, 0.717) is 111 Å². The Morgan fingerprint density at radius 2 is 1.40 bits per heavy atom. The van der Waals surface area contributed by atoms with Crippen LogP contribution in [0.2, 0.25) is 10.0 Å². The van der Waals surface area contributed by atoms with Gasteiger partial charge < -0.3 is 39.2 Å². The van der Waals surface area contributed by atoms with Crippen LogP contribution < -0.4 is 24.4 Å². The highest BCUT2D eigenvalue weighted by atomic mass is 35.5. The number of carbonyl (C=O) groups excluding carboxylic acids is 3. The molecule has 5 aromatic rings. The summed E-state index contributed by atoms with van der Waals surface area (Å²) in [5.74, 6) is 1.43. The van der Waals surface area contributed by atoms with E-state index in [1.807, 2.05) is 106 Å². The zero-order valence-electron chi connectivity index (χ0n) is 49.5. The zero-order valence-corrected chi connectivity index (χ0v) is 52.7. The third-order valence-corrected chi connectivity index (χ3v) is 19.8. The number of Topliss-reactive ketones (excluding diaryl/α,β-unsaturated/α-hetero) is 1. The maximum absolute atomic E-state index is 14.0. The van der Waals surface area contributed by atoms with Gasteiger partial charge in [-0.25, -0.2) is 27.1 Å². The van der Waals surface area contributed by atoms with Crippen LogP contribution in [-0.4, -0.2) is 134 Å². The monoisotopic (exact) mass is 1260 g/mol. The second-order valence-corrected chi connectivity index (χ2v) is 25.9. The molecule has 1 aliphatic carbocycles. The summed E-state index contributed by atoms with van der Waals surface area (Å²) in [5.41, 5.74) is 3.49. The predicted octanol–water partition coefficient (Wildman–Crippen LogP) is 11.5. The van der Waals surface area contributed by atoms with E-state index in [-0.39, 0.29) is 54.1 Å². The lowest BCUT2D eigenvalue weighted by molar-refractivity contribution is -0.164. The minimum atomic E-state index is -3.77. The number of carbonyl (C=O) groups is 3. The topological polar surface area (TPSA) is 195 Å². The van der Waals surface area contributed by atoms with Crippen molar-refractivity contribution in [3.05, 3.63) is 154 Å². The Hall–Kier alpha value is -5.29. The molecule has 3 atom stereocenters. The maximum Gasteiger partial charge on any atom is 0.407 e. The number of aliphatic hydroxyl groups excluding tert-OH is 1.